The molecule has 0 amide bonds. The molecule has 0 radical (unpaired) electrons. The first-order valence-corrected chi connectivity index (χ1v) is 5.32. The van der Waals surface area contributed by atoms with E-state index in [1.807, 2.05) is 0 Å². The number of aromatic nitrogens is 2. The van der Waals surface area contributed by atoms with Crippen molar-refractivity contribution in [2.75, 3.05) is 0 Å². The Labute approximate surface area is 103 Å². The van der Waals surface area contributed by atoms with Gasteiger partial charge in [0.05, 0.1) is 12.3 Å². The zero-order chi connectivity index (χ0) is 11.5. The molecule has 16 heavy (non-hydrogen) atoms. The molecule has 0 atom stereocenters. The van der Waals surface area contributed by atoms with E-state index in [0.717, 1.165) is 5.56 Å². The van der Waals surface area contributed by atoms with Crippen molar-refractivity contribution < 1.29 is 5.11 Å². The summed E-state index contributed by atoms with van der Waals surface area (Å²) in [6.45, 7) is -0.125. The zero-order valence-electron chi connectivity index (χ0n) is 8.19. The number of aliphatic hydroxyl groups excluding tert-OH is 1. The van der Waals surface area contributed by atoms with Crippen molar-refractivity contribution in [1.82, 2.24) is 9.97 Å². The minimum atomic E-state index is -0.125. The van der Waals surface area contributed by atoms with Gasteiger partial charge < -0.3 is 5.11 Å². The number of hydrogen-bond acceptors (Lipinski definition) is 3. The summed E-state index contributed by atoms with van der Waals surface area (Å²) >= 11 is 11.8. The van der Waals surface area contributed by atoms with E-state index in [-0.39, 0.29) is 6.61 Å². The summed E-state index contributed by atoms with van der Waals surface area (Å²) in [6.07, 6.45) is 2.99. The van der Waals surface area contributed by atoms with E-state index in [1.54, 1.807) is 24.4 Å². The lowest BCUT2D eigenvalue weighted by Crippen LogP contribution is -1.94. The summed E-state index contributed by atoms with van der Waals surface area (Å²) < 4.78 is 0. The Bertz CT molecular complexity index is 497. The van der Waals surface area contributed by atoms with Gasteiger partial charge in [0, 0.05) is 27.4 Å². The first-order chi connectivity index (χ1) is 7.70. The largest absolute Gasteiger partial charge is 0.392 e. The molecule has 0 aliphatic heterocycles. The van der Waals surface area contributed by atoms with Gasteiger partial charge in [0.15, 0.2) is 0 Å². The molecular weight excluding hydrogens is 247 g/mol. The third kappa shape index (κ3) is 2.32. The standard InChI is InChI=1S/C11H8Cl2N2O/c12-9-1-7(2-10(13)3-9)11-8(5-16)4-14-6-15-11/h1-4,6,16H,5H2. The molecule has 0 aliphatic rings. The van der Waals surface area contributed by atoms with Crippen LogP contribution in [0.5, 0.6) is 0 Å². The second-order valence-corrected chi connectivity index (χ2v) is 4.09. The third-order valence-electron chi connectivity index (χ3n) is 2.09. The lowest BCUT2D eigenvalue weighted by atomic mass is 10.1. The molecule has 0 unspecified atom stereocenters. The second-order valence-electron chi connectivity index (χ2n) is 3.21. The van der Waals surface area contributed by atoms with Gasteiger partial charge in [-0.1, -0.05) is 23.2 Å². The first kappa shape index (κ1) is 11.3. The minimum absolute atomic E-state index is 0.125. The summed E-state index contributed by atoms with van der Waals surface area (Å²) in [5.41, 5.74) is 2.05. The van der Waals surface area contributed by atoms with Gasteiger partial charge in [0.25, 0.3) is 0 Å². The molecule has 2 aromatic rings. The summed E-state index contributed by atoms with van der Waals surface area (Å²) in [5.74, 6) is 0. The quantitative estimate of drug-likeness (QED) is 0.897. The van der Waals surface area contributed by atoms with E-state index in [0.29, 0.717) is 21.3 Å². The van der Waals surface area contributed by atoms with Crippen LogP contribution < -0.4 is 0 Å². The van der Waals surface area contributed by atoms with Gasteiger partial charge in [-0.3, -0.25) is 0 Å². The number of benzene rings is 1. The predicted octanol–water partition coefficient (Wildman–Crippen LogP) is 2.94. The van der Waals surface area contributed by atoms with Crippen LogP contribution in [0.2, 0.25) is 10.0 Å². The van der Waals surface area contributed by atoms with Gasteiger partial charge in [-0.2, -0.15) is 0 Å². The maximum Gasteiger partial charge on any atom is 0.116 e. The Kier molecular flexibility index (Phi) is 3.39. The number of hydrogen-bond donors (Lipinski definition) is 1. The fraction of sp³-hybridized carbons (Fsp3) is 0.0909. The van der Waals surface area contributed by atoms with E-state index >= 15 is 0 Å². The molecule has 0 spiro atoms. The molecule has 0 fully saturated rings. The molecule has 1 aromatic heterocycles. The average Bonchev–Trinajstić information content (AvgIpc) is 2.27. The molecule has 2 rings (SSSR count). The van der Waals surface area contributed by atoms with E-state index in [1.165, 1.54) is 6.33 Å². The Hall–Kier alpha value is -1.16. The van der Waals surface area contributed by atoms with Crippen molar-refractivity contribution in [3.63, 3.8) is 0 Å². The molecule has 1 heterocycles. The highest BCUT2D eigenvalue weighted by Crippen LogP contribution is 2.27. The summed E-state index contributed by atoms with van der Waals surface area (Å²) in [4.78, 5) is 7.96. The van der Waals surface area contributed by atoms with Crippen LogP contribution in [0.15, 0.2) is 30.7 Å². The number of rotatable bonds is 2. The van der Waals surface area contributed by atoms with Crippen molar-refractivity contribution in [3.05, 3.63) is 46.3 Å². The predicted molar refractivity (Wildman–Crippen MR) is 63.4 cm³/mol. The third-order valence-corrected chi connectivity index (χ3v) is 2.53. The lowest BCUT2D eigenvalue weighted by molar-refractivity contribution is 0.281. The molecule has 1 N–H and O–H groups in total. The zero-order valence-corrected chi connectivity index (χ0v) is 9.70. The number of nitrogens with zero attached hydrogens (tertiary/aromatic N) is 2. The molecule has 5 heteroatoms. The fourth-order valence-electron chi connectivity index (χ4n) is 1.42. The topological polar surface area (TPSA) is 46.0 Å². The summed E-state index contributed by atoms with van der Waals surface area (Å²) in [7, 11) is 0. The molecule has 82 valence electrons. The van der Waals surface area contributed by atoms with Crippen LogP contribution >= 0.6 is 23.2 Å². The molecule has 0 saturated heterocycles. The maximum atomic E-state index is 9.17. The van der Waals surface area contributed by atoms with Crippen LogP contribution in [0, 0.1) is 0 Å². The van der Waals surface area contributed by atoms with Crippen molar-refractivity contribution in [2.24, 2.45) is 0 Å². The van der Waals surface area contributed by atoms with Crippen LogP contribution in [0.1, 0.15) is 5.56 Å². The highest BCUT2D eigenvalue weighted by atomic mass is 35.5. The monoisotopic (exact) mass is 254 g/mol. The Morgan fingerprint density at radius 1 is 1.12 bits per heavy atom. The first-order valence-electron chi connectivity index (χ1n) is 4.57. The maximum absolute atomic E-state index is 9.17. The minimum Gasteiger partial charge on any atom is -0.392 e. The Balaban J connectivity index is 2.58. The van der Waals surface area contributed by atoms with E-state index < -0.39 is 0 Å². The van der Waals surface area contributed by atoms with Gasteiger partial charge in [0.2, 0.25) is 0 Å². The van der Waals surface area contributed by atoms with Crippen molar-refractivity contribution >= 4 is 23.2 Å². The van der Waals surface area contributed by atoms with Gasteiger partial charge in [0.1, 0.15) is 6.33 Å². The van der Waals surface area contributed by atoms with Gasteiger partial charge in [-0.05, 0) is 18.2 Å². The lowest BCUT2D eigenvalue weighted by Gasteiger charge is -2.06. The van der Waals surface area contributed by atoms with Crippen molar-refractivity contribution in [2.45, 2.75) is 6.61 Å². The van der Waals surface area contributed by atoms with Crippen LogP contribution in [-0.2, 0) is 6.61 Å². The molecule has 3 nitrogen and oxygen atoms in total. The molecule has 0 saturated carbocycles. The highest BCUT2D eigenvalue weighted by Gasteiger charge is 2.07. The normalized spacial score (nSPS) is 10.4. The Morgan fingerprint density at radius 3 is 2.44 bits per heavy atom. The SMILES string of the molecule is OCc1cncnc1-c1cc(Cl)cc(Cl)c1. The van der Waals surface area contributed by atoms with Gasteiger partial charge >= 0.3 is 0 Å². The number of halogens is 2. The van der Waals surface area contributed by atoms with Crippen LogP contribution in [-0.4, -0.2) is 15.1 Å². The van der Waals surface area contributed by atoms with E-state index in [2.05, 4.69) is 9.97 Å². The van der Waals surface area contributed by atoms with E-state index in [4.69, 9.17) is 23.2 Å². The van der Waals surface area contributed by atoms with Crippen molar-refractivity contribution in [1.29, 1.82) is 0 Å². The molecule has 1 aromatic carbocycles. The van der Waals surface area contributed by atoms with Crippen molar-refractivity contribution in [3.8, 4) is 11.3 Å². The smallest absolute Gasteiger partial charge is 0.116 e. The van der Waals surface area contributed by atoms with Gasteiger partial charge in [-0.25, -0.2) is 9.97 Å². The second kappa shape index (κ2) is 4.78. The molecule has 0 bridgehead atoms. The van der Waals surface area contributed by atoms with E-state index in [9.17, 15) is 5.11 Å². The van der Waals surface area contributed by atoms with Crippen LogP contribution in [0.3, 0.4) is 0 Å². The fourth-order valence-corrected chi connectivity index (χ4v) is 1.95. The highest BCUT2D eigenvalue weighted by molar-refractivity contribution is 6.35. The van der Waals surface area contributed by atoms with Crippen LogP contribution in [0.4, 0.5) is 0 Å². The van der Waals surface area contributed by atoms with Gasteiger partial charge in [-0.15, -0.1) is 0 Å². The Morgan fingerprint density at radius 2 is 1.81 bits per heavy atom. The average molecular weight is 255 g/mol. The summed E-state index contributed by atoms with van der Waals surface area (Å²) in [5, 5.41) is 10.2. The molecule has 0 aliphatic carbocycles. The summed E-state index contributed by atoms with van der Waals surface area (Å²) in [6, 6.07) is 5.14. The number of aliphatic hydroxyl groups is 1. The van der Waals surface area contributed by atoms with Crippen LogP contribution in [0.25, 0.3) is 11.3 Å². The molecular formula is C11H8Cl2N2O.